The van der Waals surface area contributed by atoms with Crippen molar-refractivity contribution >= 4 is 29.5 Å². The lowest BCUT2D eigenvalue weighted by Crippen LogP contribution is -2.49. The van der Waals surface area contributed by atoms with Crippen LogP contribution in [-0.4, -0.2) is 53.1 Å². The van der Waals surface area contributed by atoms with E-state index in [4.69, 9.17) is 4.74 Å². The van der Waals surface area contributed by atoms with E-state index in [-0.39, 0.29) is 24.2 Å². The number of hydrogen-bond acceptors (Lipinski definition) is 7. The SMILES string of the molecule is CC(C)(C)OC(=O)C1CCN(c2ncc(N3CCC(=O)NC3=O)cn2)CC1. The van der Waals surface area contributed by atoms with Crippen LogP contribution in [0.3, 0.4) is 0 Å². The highest BCUT2D eigenvalue weighted by atomic mass is 16.6. The molecule has 2 aliphatic heterocycles. The number of piperidine rings is 1. The quantitative estimate of drug-likeness (QED) is 0.798. The average molecular weight is 375 g/mol. The van der Waals surface area contributed by atoms with Crippen molar-refractivity contribution in [1.29, 1.82) is 0 Å². The molecule has 0 spiro atoms. The van der Waals surface area contributed by atoms with Gasteiger partial charge in [0.2, 0.25) is 11.9 Å². The zero-order valence-electron chi connectivity index (χ0n) is 15.9. The second kappa shape index (κ2) is 7.50. The van der Waals surface area contributed by atoms with Gasteiger partial charge in [-0.3, -0.25) is 19.8 Å². The minimum atomic E-state index is -0.474. The van der Waals surface area contributed by atoms with Crippen LogP contribution in [0.25, 0.3) is 0 Å². The topological polar surface area (TPSA) is 105 Å². The third-order valence-electron chi connectivity index (χ3n) is 4.51. The van der Waals surface area contributed by atoms with Crippen LogP contribution >= 0.6 is 0 Å². The summed E-state index contributed by atoms with van der Waals surface area (Å²) in [5.74, 6) is 0.0370. The van der Waals surface area contributed by atoms with E-state index in [1.807, 2.05) is 25.7 Å². The lowest BCUT2D eigenvalue weighted by Gasteiger charge is -2.32. The van der Waals surface area contributed by atoms with E-state index in [1.54, 1.807) is 12.4 Å². The Morgan fingerprint density at radius 3 is 2.33 bits per heavy atom. The fraction of sp³-hybridized carbons (Fsp3) is 0.611. The van der Waals surface area contributed by atoms with Crippen LogP contribution in [0.5, 0.6) is 0 Å². The van der Waals surface area contributed by atoms with Gasteiger partial charge in [0.15, 0.2) is 0 Å². The molecule has 2 saturated heterocycles. The maximum Gasteiger partial charge on any atom is 0.328 e. The molecule has 1 aromatic heterocycles. The maximum atomic E-state index is 12.2. The van der Waals surface area contributed by atoms with Gasteiger partial charge in [-0.2, -0.15) is 0 Å². The van der Waals surface area contributed by atoms with Crippen LogP contribution in [-0.2, 0) is 14.3 Å². The second-order valence-corrected chi connectivity index (χ2v) is 7.79. The van der Waals surface area contributed by atoms with E-state index in [0.29, 0.717) is 44.1 Å². The third-order valence-corrected chi connectivity index (χ3v) is 4.51. The van der Waals surface area contributed by atoms with Crippen molar-refractivity contribution in [2.45, 2.75) is 45.6 Å². The minimum Gasteiger partial charge on any atom is -0.460 e. The first-order chi connectivity index (χ1) is 12.7. The number of carbonyl (C=O) groups is 3. The number of aromatic nitrogens is 2. The highest BCUT2D eigenvalue weighted by Gasteiger charge is 2.30. The summed E-state index contributed by atoms with van der Waals surface area (Å²) < 4.78 is 5.46. The molecule has 146 valence electrons. The molecule has 0 atom stereocenters. The number of imide groups is 1. The third kappa shape index (κ3) is 4.72. The minimum absolute atomic E-state index is 0.102. The van der Waals surface area contributed by atoms with Crippen molar-refractivity contribution in [3.63, 3.8) is 0 Å². The van der Waals surface area contributed by atoms with Crippen LogP contribution < -0.4 is 15.1 Å². The normalized spacial score (nSPS) is 19.1. The van der Waals surface area contributed by atoms with Crippen molar-refractivity contribution in [1.82, 2.24) is 15.3 Å². The van der Waals surface area contributed by atoms with E-state index in [1.165, 1.54) is 4.90 Å². The summed E-state index contributed by atoms with van der Waals surface area (Å²) in [7, 11) is 0. The largest absolute Gasteiger partial charge is 0.460 e. The Labute approximate surface area is 158 Å². The van der Waals surface area contributed by atoms with Crippen molar-refractivity contribution in [3.8, 4) is 0 Å². The molecule has 0 aromatic carbocycles. The van der Waals surface area contributed by atoms with Crippen molar-refractivity contribution < 1.29 is 19.1 Å². The molecule has 3 rings (SSSR count). The van der Waals surface area contributed by atoms with Gasteiger partial charge in [-0.05, 0) is 33.6 Å². The molecule has 0 radical (unpaired) electrons. The molecule has 3 heterocycles. The highest BCUT2D eigenvalue weighted by Crippen LogP contribution is 2.24. The first-order valence-electron chi connectivity index (χ1n) is 9.14. The zero-order valence-corrected chi connectivity index (χ0v) is 15.9. The van der Waals surface area contributed by atoms with Crippen LogP contribution in [0.1, 0.15) is 40.0 Å². The van der Waals surface area contributed by atoms with Gasteiger partial charge in [0.1, 0.15) is 5.60 Å². The van der Waals surface area contributed by atoms with Crippen LogP contribution in [0.4, 0.5) is 16.4 Å². The standard InChI is InChI=1S/C18H25N5O4/c1-18(2,3)27-15(25)12-4-7-22(8-5-12)16-19-10-13(11-20-16)23-9-6-14(24)21-17(23)26/h10-12H,4-9H2,1-3H3,(H,21,24,26). The predicted molar refractivity (Wildman–Crippen MR) is 98.3 cm³/mol. The molecule has 1 N–H and O–H groups in total. The lowest BCUT2D eigenvalue weighted by atomic mass is 9.97. The number of carbonyl (C=O) groups excluding carboxylic acids is 3. The number of ether oxygens (including phenoxy) is 1. The van der Waals surface area contributed by atoms with E-state index in [0.717, 1.165) is 0 Å². The summed E-state index contributed by atoms with van der Waals surface area (Å²) >= 11 is 0. The van der Waals surface area contributed by atoms with Crippen molar-refractivity contribution in [2.75, 3.05) is 29.4 Å². The first kappa shape index (κ1) is 19.1. The summed E-state index contributed by atoms with van der Waals surface area (Å²) in [5.41, 5.74) is 0.0748. The Hall–Kier alpha value is -2.71. The van der Waals surface area contributed by atoms with Gasteiger partial charge in [-0.15, -0.1) is 0 Å². The van der Waals surface area contributed by atoms with Crippen molar-refractivity contribution in [3.05, 3.63) is 12.4 Å². The number of urea groups is 1. The van der Waals surface area contributed by atoms with Gasteiger partial charge in [0.25, 0.3) is 0 Å². The summed E-state index contributed by atoms with van der Waals surface area (Å²) in [6.07, 6.45) is 4.80. The molecule has 0 bridgehead atoms. The van der Waals surface area contributed by atoms with Gasteiger partial charge in [0, 0.05) is 26.1 Å². The molecule has 0 unspecified atom stereocenters. The molecule has 2 aliphatic rings. The number of amides is 3. The maximum absolute atomic E-state index is 12.2. The summed E-state index contributed by atoms with van der Waals surface area (Å²) in [6, 6.07) is -0.458. The Morgan fingerprint density at radius 1 is 1.15 bits per heavy atom. The van der Waals surface area contributed by atoms with Gasteiger partial charge in [0.05, 0.1) is 24.0 Å². The highest BCUT2D eigenvalue weighted by molar-refractivity contribution is 6.05. The van der Waals surface area contributed by atoms with E-state index in [9.17, 15) is 14.4 Å². The molecule has 9 heteroatoms. The number of hydrogen-bond donors (Lipinski definition) is 1. The monoisotopic (exact) mass is 375 g/mol. The number of anilines is 2. The molecule has 2 fully saturated rings. The molecular weight excluding hydrogens is 350 g/mol. The Bertz CT molecular complexity index is 720. The Morgan fingerprint density at radius 2 is 1.78 bits per heavy atom. The predicted octanol–water partition coefficient (Wildman–Crippen LogP) is 1.48. The van der Waals surface area contributed by atoms with Crippen LogP contribution in [0.2, 0.25) is 0 Å². The average Bonchev–Trinajstić information content (AvgIpc) is 2.61. The fourth-order valence-corrected chi connectivity index (χ4v) is 3.13. The lowest BCUT2D eigenvalue weighted by molar-refractivity contribution is -0.160. The van der Waals surface area contributed by atoms with Crippen LogP contribution in [0, 0.1) is 5.92 Å². The number of nitrogens with zero attached hydrogens (tertiary/aromatic N) is 4. The Balaban J connectivity index is 1.57. The van der Waals surface area contributed by atoms with Crippen LogP contribution in [0.15, 0.2) is 12.4 Å². The number of esters is 1. The van der Waals surface area contributed by atoms with E-state index in [2.05, 4.69) is 15.3 Å². The molecule has 0 aliphatic carbocycles. The summed E-state index contributed by atoms with van der Waals surface area (Å²) in [4.78, 5) is 47.5. The second-order valence-electron chi connectivity index (χ2n) is 7.79. The van der Waals surface area contributed by atoms with Gasteiger partial charge in [-0.25, -0.2) is 14.8 Å². The molecule has 27 heavy (non-hydrogen) atoms. The number of nitrogens with one attached hydrogen (secondary N) is 1. The van der Waals surface area contributed by atoms with E-state index < -0.39 is 11.6 Å². The molecular formula is C18H25N5O4. The Kier molecular flexibility index (Phi) is 5.29. The molecule has 3 amide bonds. The molecule has 9 nitrogen and oxygen atoms in total. The van der Waals surface area contributed by atoms with Gasteiger partial charge in [-0.1, -0.05) is 0 Å². The first-order valence-corrected chi connectivity index (χ1v) is 9.14. The van der Waals surface area contributed by atoms with Crippen molar-refractivity contribution in [2.24, 2.45) is 5.92 Å². The van der Waals surface area contributed by atoms with Gasteiger partial charge >= 0.3 is 12.0 Å². The fourth-order valence-electron chi connectivity index (χ4n) is 3.13. The molecule has 1 aromatic rings. The summed E-state index contributed by atoms with van der Waals surface area (Å²) in [5, 5.41) is 2.28. The van der Waals surface area contributed by atoms with E-state index >= 15 is 0 Å². The summed E-state index contributed by atoms with van der Waals surface area (Å²) in [6.45, 7) is 7.26. The number of rotatable bonds is 3. The molecule has 0 saturated carbocycles. The van der Waals surface area contributed by atoms with Gasteiger partial charge < -0.3 is 9.64 Å². The zero-order chi connectivity index (χ0) is 19.6. The smallest absolute Gasteiger partial charge is 0.328 e.